The van der Waals surface area contributed by atoms with Crippen LogP contribution in [0.4, 0.5) is 5.82 Å². The van der Waals surface area contributed by atoms with Crippen molar-refractivity contribution in [2.45, 2.75) is 0 Å². The number of halogens is 3. The Hall–Kier alpha value is -1.70. The summed E-state index contributed by atoms with van der Waals surface area (Å²) < 4.78 is 1.39. The molecule has 23 heavy (non-hydrogen) atoms. The maximum Gasteiger partial charge on any atom is 0.176 e. The summed E-state index contributed by atoms with van der Waals surface area (Å²) in [5, 5.41) is 23.9. The number of phenols is 1. The molecule has 0 atom stereocenters. The normalized spacial score (nSPS) is 11.3. The van der Waals surface area contributed by atoms with Gasteiger partial charge in [-0.2, -0.15) is 5.10 Å². The first kappa shape index (κ1) is 16.2. The van der Waals surface area contributed by atoms with Crippen LogP contribution in [0.2, 0.25) is 5.15 Å². The molecule has 0 unspecified atom stereocenters. The predicted molar refractivity (Wildman–Crippen MR) is 99.3 cm³/mol. The molecule has 0 spiro atoms. The molecule has 8 heteroatoms. The number of nitrogens with one attached hydrogen (secondary N) is 1. The smallest absolute Gasteiger partial charge is 0.176 e. The fourth-order valence-electron chi connectivity index (χ4n) is 2.00. The SMILES string of the molecule is Oc1c(Br)cc(Br)cc1/C=N\Nc1nnc(Cl)c2ccccc12. The fraction of sp³-hybridized carbons (Fsp3) is 0. The number of nitrogens with zero attached hydrogens (tertiary/aromatic N) is 3. The van der Waals surface area contributed by atoms with E-state index in [-0.39, 0.29) is 5.75 Å². The van der Waals surface area contributed by atoms with Gasteiger partial charge in [0.2, 0.25) is 0 Å². The molecule has 3 rings (SSSR count). The van der Waals surface area contributed by atoms with Crippen LogP contribution in [0.15, 0.2) is 50.4 Å². The molecule has 0 aliphatic heterocycles. The van der Waals surface area contributed by atoms with Gasteiger partial charge in [0.15, 0.2) is 11.0 Å². The summed E-state index contributed by atoms with van der Waals surface area (Å²) in [5.41, 5.74) is 3.37. The summed E-state index contributed by atoms with van der Waals surface area (Å²) in [6.45, 7) is 0. The van der Waals surface area contributed by atoms with Gasteiger partial charge in [0.25, 0.3) is 0 Å². The highest BCUT2D eigenvalue weighted by atomic mass is 79.9. The highest BCUT2D eigenvalue weighted by Gasteiger charge is 2.07. The molecule has 3 aromatic rings. The molecule has 0 amide bonds. The Labute approximate surface area is 153 Å². The van der Waals surface area contributed by atoms with Gasteiger partial charge < -0.3 is 5.11 Å². The van der Waals surface area contributed by atoms with E-state index < -0.39 is 0 Å². The minimum absolute atomic E-state index is 0.103. The first-order valence-electron chi connectivity index (χ1n) is 6.44. The molecule has 0 aliphatic carbocycles. The Bertz CT molecular complexity index is 917. The van der Waals surface area contributed by atoms with Crippen LogP contribution in [0, 0.1) is 0 Å². The Kier molecular flexibility index (Phi) is 4.79. The van der Waals surface area contributed by atoms with Crippen molar-refractivity contribution in [1.29, 1.82) is 0 Å². The van der Waals surface area contributed by atoms with Crippen molar-refractivity contribution >= 4 is 66.3 Å². The lowest BCUT2D eigenvalue weighted by atomic mass is 10.2. The average Bonchev–Trinajstić information content (AvgIpc) is 2.54. The number of hydrazone groups is 1. The van der Waals surface area contributed by atoms with Crippen molar-refractivity contribution in [2.24, 2.45) is 5.10 Å². The molecule has 0 saturated carbocycles. The van der Waals surface area contributed by atoms with E-state index in [9.17, 15) is 5.11 Å². The molecular formula is C15H9Br2ClN4O. The minimum atomic E-state index is 0.103. The average molecular weight is 457 g/mol. The van der Waals surface area contributed by atoms with Crippen molar-refractivity contribution in [1.82, 2.24) is 10.2 Å². The molecule has 0 radical (unpaired) electrons. The van der Waals surface area contributed by atoms with Gasteiger partial charge in [0.1, 0.15) is 5.75 Å². The molecular weight excluding hydrogens is 447 g/mol. The van der Waals surface area contributed by atoms with Crippen LogP contribution >= 0.6 is 43.5 Å². The van der Waals surface area contributed by atoms with Gasteiger partial charge >= 0.3 is 0 Å². The van der Waals surface area contributed by atoms with Gasteiger partial charge in [0.05, 0.1) is 10.7 Å². The van der Waals surface area contributed by atoms with Crippen molar-refractivity contribution in [2.75, 3.05) is 5.43 Å². The summed E-state index contributed by atoms with van der Waals surface area (Å²) in [6.07, 6.45) is 1.50. The third-order valence-electron chi connectivity index (χ3n) is 3.07. The largest absolute Gasteiger partial charge is 0.506 e. The molecule has 1 heterocycles. The molecule has 2 aromatic carbocycles. The van der Waals surface area contributed by atoms with Gasteiger partial charge in [-0.3, -0.25) is 5.43 Å². The van der Waals surface area contributed by atoms with Crippen LogP contribution in [0.3, 0.4) is 0 Å². The van der Waals surface area contributed by atoms with Gasteiger partial charge in [-0.15, -0.1) is 10.2 Å². The predicted octanol–water partition coefficient (Wildman–Crippen LogP) is 4.96. The zero-order valence-corrected chi connectivity index (χ0v) is 15.4. The number of benzene rings is 2. The molecule has 116 valence electrons. The van der Waals surface area contributed by atoms with Gasteiger partial charge in [-0.05, 0) is 28.1 Å². The monoisotopic (exact) mass is 454 g/mol. The first-order valence-corrected chi connectivity index (χ1v) is 8.40. The Morgan fingerprint density at radius 1 is 1.13 bits per heavy atom. The summed E-state index contributed by atoms with van der Waals surface area (Å²) in [6, 6.07) is 11.0. The van der Waals surface area contributed by atoms with Gasteiger partial charge in [0, 0.05) is 20.8 Å². The summed E-state index contributed by atoms with van der Waals surface area (Å²) in [5.74, 6) is 0.584. The second-order valence-corrected chi connectivity index (χ2v) is 6.71. The Morgan fingerprint density at radius 2 is 1.87 bits per heavy atom. The maximum atomic E-state index is 10.00. The number of hydrogen-bond donors (Lipinski definition) is 2. The van der Waals surface area contributed by atoms with E-state index in [4.69, 9.17) is 11.6 Å². The maximum absolute atomic E-state index is 10.00. The molecule has 0 fully saturated rings. The fourth-order valence-corrected chi connectivity index (χ4v) is 3.46. The third kappa shape index (κ3) is 3.46. The molecule has 0 aliphatic rings. The minimum Gasteiger partial charge on any atom is -0.506 e. The topological polar surface area (TPSA) is 70.4 Å². The van der Waals surface area contributed by atoms with Crippen molar-refractivity contribution in [3.05, 3.63) is 56.1 Å². The van der Waals surface area contributed by atoms with E-state index >= 15 is 0 Å². The molecule has 5 nitrogen and oxygen atoms in total. The van der Waals surface area contributed by atoms with Crippen molar-refractivity contribution in [3.63, 3.8) is 0 Å². The number of aromatic hydroxyl groups is 1. The number of fused-ring (bicyclic) bond motifs is 1. The molecule has 0 saturated heterocycles. The van der Waals surface area contributed by atoms with Crippen LogP contribution < -0.4 is 5.43 Å². The van der Waals surface area contributed by atoms with E-state index in [1.54, 1.807) is 12.1 Å². The second-order valence-electron chi connectivity index (χ2n) is 4.58. The van der Waals surface area contributed by atoms with Crippen LogP contribution in [-0.4, -0.2) is 21.5 Å². The summed E-state index contributed by atoms with van der Waals surface area (Å²) in [7, 11) is 0. The van der Waals surface area contributed by atoms with E-state index in [0.29, 0.717) is 21.0 Å². The number of hydrogen-bond acceptors (Lipinski definition) is 5. The first-order chi connectivity index (χ1) is 11.1. The molecule has 1 aromatic heterocycles. The number of aromatic nitrogens is 2. The van der Waals surface area contributed by atoms with E-state index in [0.717, 1.165) is 15.2 Å². The lowest BCUT2D eigenvalue weighted by Gasteiger charge is -2.05. The number of rotatable bonds is 3. The second kappa shape index (κ2) is 6.82. The lowest BCUT2D eigenvalue weighted by molar-refractivity contribution is 0.471. The number of anilines is 1. The Morgan fingerprint density at radius 3 is 2.65 bits per heavy atom. The summed E-state index contributed by atoms with van der Waals surface area (Å²) in [4.78, 5) is 0. The highest BCUT2D eigenvalue weighted by molar-refractivity contribution is 9.11. The highest BCUT2D eigenvalue weighted by Crippen LogP contribution is 2.31. The van der Waals surface area contributed by atoms with Crippen LogP contribution in [0.5, 0.6) is 5.75 Å². The van der Waals surface area contributed by atoms with Crippen LogP contribution in [0.25, 0.3) is 10.8 Å². The zero-order chi connectivity index (χ0) is 16.4. The zero-order valence-electron chi connectivity index (χ0n) is 11.5. The van der Waals surface area contributed by atoms with Gasteiger partial charge in [-0.25, -0.2) is 0 Å². The molecule has 2 N–H and O–H groups in total. The van der Waals surface area contributed by atoms with Gasteiger partial charge in [-0.1, -0.05) is 51.8 Å². The summed E-state index contributed by atoms with van der Waals surface area (Å²) >= 11 is 12.7. The van der Waals surface area contributed by atoms with Crippen molar-refractivity contribution in [3.8, 4) is 5.75 Å². The standard InChI is InChI=1S/C15H9Br2ClN4O/c16-9-5-8(13(23)12(17)6-9)7-19-21-15-11-4-2-1-3-10(11)14(18)20-22-15/h1-7,23H,(H,21,22)/b19-7-. The Balaban J connectivity index is 1.91. The van der Waals surface area contributed by atoms with E-state index in [2.05, 4.69) is 52.6 Å². The lowest BCUT2D eigenvalue weighted by Crippen LogP contribution is -1.97. The number of phenolic OH excluding ortho intramolecular Hbond substituents is 1. The van der Waals surface area contributed by atoms with Crippen LogP contribution in [-0.2, 0) is 0 Å². The van der Waals surface area contributed by atoms with E-state index in [1.165, 1.54) is 6.21 Å². The quantitative estimate of drug-likeness (QED) is 0.432. The van der Waals surface area contributed by atoms with E-state index in [1.807, 2.05) is 24.3 Å². The third-order valence-corrected chi connectivity index (χ3v) is 4.42. The van der Waals surface area contributed by atoms with Crippen molar-refractivity contribution < 1.29 is 5.11 Å². The molecule has 0 bridgehead atoms. The van der Waals surface area contributed by atoms with Crippen LogP contribution in [0.1, 0.15) is 5.56 Å².